The number of nitrogens with one attached hydrogen (secondary N) is 1. The zero-order valence-corrected chi connectivity index (χ0v) is 17.1. The van der Waals surface area contributed by atoms with Crippen LogP contribution in [-0.2, 0) is 17.7 Å². The number of ether oxygens (including phenoxy) is 1. The van der Waals surface area contributed by atoms with Crippen molar-refractivity contribution in [2.75, 3.05) is 20.2 Å². The highest BCUT2D eigenvalue weighted by Crippen LogP contribution is 2.52. The topological polar surface area (TPSA) is 36.9 Å². The van der Waals surface area contributed by atoms with Gasteiger partial charge in [-0.3, -0.25) is 4.99 Å². The maximum Gasteiger partial charge on any atom is 0.194 e. The van der Waals surface area contributed by atoms with Crippen molar-refractivity contribution in [3.8, 4) is 0 Å². The van der Waals surface area contributed by atoms with Crippen LogP contribution >= 0.6 is 24.0 Å². The average Bonchev–Trinajstić information content (AvgIpc) is 3.02. The molecule has 2 fully saturated rings. The van der Waals surface area contributed by atoms with E-state index in [-0.39, 0.29) is 29.4 Å². The van der Waals surface area contributed by atoms with Gasteiger partial charge < -0.3 is 15.0 Å². The summed E-state index contributed by atoms with van der Waals surface area (Å²) in [6.45, 7) is 7.53. The number of hydrogen-bond acceptors (Lipinski definition) is 2. The second kappa shape index (κ2) is 6.83. The number of hydrogen-bond donors (Lipinski definition) is 1. The molecule has 4 rings (SSSR count). The van der Waals surface area contributed by atoms with Crippen LogP contribution in [0, 0.1) is 11.3 Å². The van der Waals surface area contributed by atoms with Gasteiger partial charge in [-0.2, -0.15) is 0 Å². The van der Waals surface area contributed by atoms with Gasteiger partial charge >= 0.3 is 0 Å². The van der Waals surface area contributed by atoms with Gasteiger partial charge in [-0.25, -0.2) is 0 Å². The molecule has 24 heavy (non-hydrogen) atoms. The molecule has 3 aliphatic rings. The van der Waals surface area contributed by atoms with Crippen LogP contribution in [0.5, 0.6) is 0 Å². The van der Waals surface area contributed by atoms with E-state index in [4.69, 9.17) is 4.74 Å². The first-order valence-corrected chi connectivity index (χ1v) is 8.78. The molecule has 0 spiro atoms. The monoisotopic (exact) mass is 441 g/mol. The molecule has 1 saturated heterocycles. The minimum absolute atomic E-state index is 0. The first-order chi connectivity index (χ1) is 11.1. The summed E-state index contributed by atoms with van der Waals surface area (Å²) in [6.07, 6.45) is 2.69. The summed E-state index contributed by atoms with van der Waals surface area (Å²) < 4.78 is 5.91. The van der Waals surface area contributed by atoms with Crippen LogP contribution in [0.25, 0.3) is 0 Å². The normalized spacial score (nSPS) is 30.7. The Morgan fingerprint density at radius 1 is 1.29 bits per heavy atom. The lowest BCUT2D eigenvalue weighted by Gasteiger charge is -2.55. The number of benzene rings is 1. The molecule has 1 aromatic carbocycles. The summed E-state index contributed by atoms with van der Waals surface area (Å²) in [5, 5.41) is 3.76. The van der Waals surface area contributed by atoms with Crippen molar-refractivity contribution in [1.29, 1.82) is 0 Å². The van der Waals surface area contributed by atoms with Gasteiger partial charge in [0, 0.05) is 44.1 Å². The third kappa shape index (κ3) is 2.83. The Labute approximate surface area is 162 Å². The quantitative estimate of drug-likeness (QED) is 0.414. The van der Waals surface area contributed by atoms with Gasteiger partial charge in [0.25, 0.3) is 0 Å². The minimum atomic E-state index is 0. The average molecular weight is 441 g/mol. The van der Waals surface area contributed by atoms with Crippen LogP contribution in [-0.4, -0.2) is 43.2 Å². The molecule has 0 aromatic heterocycles. The molecule has 4 nitrogen and oxygen atoms in total. The summed E-state index contributed by atoms with van der Waals surface area (Å²) >= 11 is 0. The third-order valence-corrected chi connectivity index (χ3v) is 6.03. The Hall–Kier alpha value is -0.820. The molecule has 3 unspecified atom stereocenters. The van der Waals surface area contributed by atoms with Gasteiger partial charge in [-0.1, -0.05) is 38.1 Å². The number of halogens is 1. The number of nitrogens with zero attached hydrogens (tertiary/aromatic N) is 2. The van der Waals surface area contributed by atoms with Crippen LogP contribution in [0.4, 0.5) is 0 Å². The van der Waals surface area contributed by atoms with E-state index in [2.05, 4.69) is 53.3 Å². The molecule has 1 saturated carbocycles. The summed E-state index contributed by atoms with van der Waals surface area (Å²) in [5.74, 6) is 1.68. The van der Waals surface area contributed by atoms with Crippen LogP contribution in [0.3, 0.4) is 0 Å². The van der Waals surface area contributed by atoms with E-state index in [0.29, 0.717) is 18.1 Å². The summed E-state index contributed by atoms with van der Waals surface area (Å²) in [5.41, 5.74) is 3.09. The van der Waals surface area contributed by atoms with E-state index in [0.717, 1.165) is 32.1 Å². The van der Waals surface area contributed by atoms with Gasteiger partial charge in [-0.15, -0.1) is 24.0 Å². The molecular weight excluding hydrogens is 413 g/mol. The highest BCUT2D eigenvalue weighted by atomic mass is 127. The molecule has 0 radical (unpaired) electrons. The van der Waals surface area contributed by atoms with Gasteiger partial charge in [0.2, 0.25) is 0 Å². The standard InChI is InChI=1S/C19H27N3O.HI/c1-19(2)16(15-9-11-23-17(15)19)21-18(20-3)22-10-8-13-6-4-5-7-14(13)12-22;/h4-7,15-17H,8-12H2,1-3H3,(H,20,21);1H. The fourth-order valence-electron chi connectivity index (χ4n) is 4.73. The second-order valence-electron chi connectivity index (χ2n) is 7.67. The summed E-state index contributed by atoms with van der Waals surface area (Å²) in [4.78, 5) is 6.97. The lowest BCUT2D eigenvalue weighted by Crippen LogP contribution is -2.68. The van der Waals surface area contributed by atoms with Crippen molar-refractivity contribution >= 4 is 29.9 Å². The van der Waals surface area contributed by atoms with E-state index in [1.165, 1.54) is 17.5 Å². The zero-order valence-electron chi connectivity index (χ0n) is 14.8. The van der Waals surface area contributed by atoms with Gasteiger partial charge in [0.15, 0.2) is 5.96 Å². The van der Waals surface area contributed by atoms with Crippen LogP contribution < -0.4 is 5.32 Å². The largest absolute Gasteiger partial charge is 0.377 e. The molecule has 132 valence electrons. The summed E-state index contributed by atoms with van der Waals surface area (Å²) in [7, 11) is 1.90. The minimum Gasteiger partial charge on any atom is -0.377 e. The Kier molecular flexibility index (Phi) is 5.12. The first kappa shape index (κ1) is 18.0. The van der Waals surface area contributed by atoms with Crippen LogP contribution in [0.1, 0.15) is 31.4 Å². The number of aliphatic imine (C=N–C) groups is 1. The van der Waals surface area contributed by atoms with Gasteiger partial charge in [0.05, 0.1) is 6.10 Å². The smallest absolute Gasteiger partial charge is 0.194 e. The third-order valence-electron chi connectivity index (χ3n) is 6.03. The molecule has 2 aliphatic heterocycles. The highest BCUT2D eigenvalue weighted by Gasteiger charge is 2.59. The number of fused-ring (bicyclic) bond motifs is 2. The second-order valence-corrected chi connectivity index (χ2v) is 7.67. The molecule has 3 atom stereocenters. The van der Waals surface area contributed by atoms with Crippen molar-refractivity contribution in [3.05, 3.63) is 35.4 Å². The molecule has 1 aliphatic carbocycles. The number of guanidine groups is 1. The Morgan fingerprint density at radius 2 is 2.04 bits per heavy atom. The Bertz CT molecular complexity index is 631. The van der Waals surface area contributed by atoms with Crippen molar-refractivity contribution in [2.24, 2.45) is 16.3 Å². The lowest BCUT2D eigenvalue weighted by atomic mass is 9.57. The van der Waals surface area contributed by atoms with Gasteiger partial charge in [-0.05, 0) is 24.0 Å². The molecular formula is C19H28IN3O. The van der Waals surface area contributed by atoms with Gasteiger partial charge in [0.1, 0.15) is 0 Å². The van der Waals surface area contributed by atoms with Crippen molar-refractivity contribution in [2.45, 2.75) is 45.4 Å². The van der Waals surface area contributed by atoms with Crippen LogP contribution in [0.15, 0.2) is 29.3 Å². The molecule has 0 amide bonds. The first-order valence-electron chi connectivity index (χ1n) is 8.78. The van der Waals surface area contributed by atoms with Crippen molar-refractivity contribution in [3.63, 3.8) is 0 Å². The highest BCUT2D eigenvalue weighted by molar-refractivity contribution is 14.0. The molecule has 5 heteroatoms. The fraction of sp³-hybridized carbons (Fsp3) is 0.632. The predicted molar refractivity (Wildman–Crippen MR) is 108 cm³/mol. The van der Waals surface area contributed by atoms with E-state index in [1.54, 1.807) is 0 Å². The predicted octanol–water partition coefficient (Wildman–Crippen LogP) is 3.05. The molecule has 2 heterocycles. The van der Waals surface area contributed by atoms with Crippen LogP contribution in [0.2, 0.25) is 0 Å². The Balaban J connectivity index is 0.00000169. The number of rotatable bonds is 1. The molecule has 1 aromatic rings. The van der Waals surface area contributed by atoms with E-state index >= 15 is 0 Å². The van der Waals surface area contributed by atoms with Crippen molar-refractivity contribution < 1.29 is 4.74 Å². The Morgan fingerprint density at radius 3 is 2.79 bits per heavy atom. The molecule has 0 bridgehead atoms. The fourth-order valence-corrected chi connectivity index (χ4v) is 4.73. The lowest BCUT2D eigenvalue weighted by molar-refractivity contribution is -0.107. The zero-order chi connectivity index (χ0) is 16.0. The summed E-state index contributed by atoms with van der Waals surface area (Å²) in [6, 6.07) is 9.22. The van der Waals surface area contributed by atoms with E-state index in [1.807, 2.05) is 7.05 Å². The SMILES string of the molecule is CN=C(NC1C2CCOC2C1(C)C)N1CCc2ccccc2C1.I. The van der Waals surface area contributed by atoms with E-state index in [9.17, 15) is 0 Å². The molecule has 1 N–H and O–H groups in total. The maximum atomic E-state index is 5.91. The van der Waals surface area contributed by atoms with Crippen molar-refractivity contribution in [1.82, 2.24) is 10.2 Å². The van der Waals surface area contributed by atoms with E-state index < -0.39 is 0 Å². The maximum absolute atomic E-state index is 5.91.